The number of ether oxygens (including phenoxy) is 1. The third-order valence-electron chi connectivity index (χ3n) is 4.81. The summed E-state index contributed by atoms with van der Waals surface area (Å²) in [4.78, 5) is 52.5. The molecule has 0 spiro atoms. The Morgan fingerprint density at radius 1 is 1.31 bits per heavy atom. The highest BCUT2D eigenvalue weighted by molar-refractivity contribution is 6.08. The van der Waals surface area contributed by atoms with E-state index in [2.05, 4.69) is 10.3 Å². The molecular weight excluding hydrogens is 338 g/mol. The predicted octanol–water partition coefficient (Wildman–Crippen LogP) is 1.11. The van der Waals surface area contributed by atoms with Crippen molar-refractivity contribution in [2.24, 2.45) is 0 Å². The molecule has 0 saturated carbocycles. The molecule has 8 heteroatoms. The molecule has 1 unspecified atom stereocenters. The van der Waals surface area contributed by atoms with Gasteiger partial charge in [0.2, 0.25) is 11.8 Å². The zero-order valence-electron chi connectivity index (χ0n) is 14.1. The van der Waals surface area contributed by atoms with Crippen LogP contribution in [-0.4, -0.2) is 46.2 Å². The summed E-state index contributed by atoms with van der Waals surface area (Å²) in [5.74, 6) is -1.44. The second-order valence-electron chi connectivity index (χ2n) is 6.36. The Labute approximate surface area is 148 Å². The molecule has 1 aromatic carbocycles. The van der Waals surface area contributed by atoms with Gasteiger partial charge in [-0.1, -0.05) is 6.07 Å². The number of piperidine rings is 1. The van der Waals surface area contributed by atoms with Crippen LogP contribution in [0.3, 0.4) is 0 Å². The van der Waals surface area contributed by atoms with Gasteiger partial charge < -0.3 is 14.6 Å². The van der Waals surface area contributed by atoms with E-state index in [0.717, 1.165) is 10.9 Å². The van der Waals surface area contributed by atoms with E-state index in [1.165, 1.54) is 4.90 Å². The first-order valence-corrected chi connectivity index (χ1v) is 8.46. The molecule has 2 aliphatic heterocycles. The van der Waals surface area contributed by atoms with Crippen LogP contribution < -0.4 is 5.32 Å². The Balaban J connectivity index is 1.64. The van der Waals surface area contributed by atoms with E-state index in [-0.39, 0.29) is 24.8 Å². The number of carbonyl (C=O) groups excluding carboxylic acids is 4. The van der Waals surface area contributed by atoms with Crippen LogP contribution in [0.1, 0.15) is 46.2 Å². The van der Waals surface area contributed by atoms with Gasteiger partial charge in [0.15, 0.2) is 0 Å². The Morgan fingerprint density at radius 2 is 2.12 bits per heavy atom. The van der Waals surface area contributed by atoms with Crippen LogP contribution in [0.15, 0.2) is 18.2 Å². The minimum atomic E-state index is -0.644. The average Bonchev–Trinajstić information content (AvgIpc) is 3.12. The highest BCUT2D eigenvalue weighted by atomic mass is 16.5. The number of amides is 3. The Hall–Kier alpha value is -3.16. The molecule has 3 heterocycles. The number of rotatable bonds is 3. The van der Waals surface area contributed by atoms with E-state index >= 15 is 0 Å². The third kappa shape index (κ3) is 2.45. The number of H-pyrrole nitrogens is 1. The summed E-state index contributed by atoms with van der Waals surface area (Å²) in [5, 5.41) is 3.11. The van der Waals surface area contributed by atoms with E-state index in [9.17, 15) is 19.2 Å². The first-order valence-electron chi connectivity index (χ1n) is 8.46. The number of aromatic amines is 1. The van der Waals surface area contributed by atoms with Gasteiger partial charge in [-0.3, -0.25) is 19.7 Å². The highest BCUT2D eigenvalue weighted by Crippen LogP contribution is 2.33. The molecule has 0 radical (unpaired) electrons. The largest absolute Gasteiger partial charge is 0.462 e. The van der Waals surface area contributed by atoms with Crippen LogP contribution in [0.4, 0.5) is 0 Å². The van der Waals surface area contributed by atoms with Crippen LogP contribution in [0.25, 0.3) is 10.9 Å². The van der Waals surface area contributed by atoms with Gasteiger partial charge in [0.05, 0.1) is 12.2 Å². The lowest BCUT2D eigenvalue weighted by atomic mass is 10.0. The number of nitrogens with one attached hydrogen (secondary N) is 2. The lowest BCUT2D eigenvalue weighted by Crippen LogP contribution is -2.52. The number of benzene rings is 1. The van der Waals surface area contributed by atoms with Crippen molar-refractivity contribution >= 4 is 34.6 Å². The molecule has 26 heavy (non-hydrogen) atoms. The topological polar surface area (TPSA) is 109 Å². The summed E-state index contributed by atoms with van der Waals surface area (Å²) in [7, 11) is 0. The van der Waals surface area contributed by atoms with Crippen LogP contribution in [0, 0.1) is 0 Å². The number of carbonyl (C=O) groups is 4. The third-order valence-corrected chi connectivity index (χ3v) is 4.81. The number of imide groups is 1. The minimum absolute atomic E-state index is 0.220. The SMILES string of the molecule is CCOC(=O)c1ccc2c3c([nH]c2c1)C(=O)N(C1CCC(=O)NC1=O)C3. The molecule has 1 saturated heterocycles. The van der Waals surface area contributed by atoms with E-state index in [1.54, 1.807) is 25.1 Å². The van der Waals surface area contributed by atoms with E-state index in [0.29, 0.717) is 29.7 Å². The molecule has 1 fully saturated rings. The maximum Gasteiger partial charge on any atom is 0.338 e. The summed E-state index contributed by atoms with van der Waals surface area (Å²) in [6, 6.07) is 4.45. The fourth-order valence-corrected chi connectivity index (χ4v) is 3.56. The van der Waals surface area contributed by atoms with Crippen molar-refractivity contribution in [1.82, 2.24) is 15.2 Å². The van der Waals surface area contributed by atoms with Gasteiger partial charge in [-0.15, -0.1) is 0 Å². The van der Waals surface area contributed by atoms with Crippen LogP contribution in [0.2, 0.25) is 0 Å². The standard InChI is InChI=1S/C18H17N3O5/c1-2-26-18(25)9-3-4-10-11-8-21(13-5-6-14(22)20-16(13)23)17(24)15(11)19-12(10)7-9/h3-4,7,13,19H,2,5-6,8H2,1H3,(H,20,22,23). The molecule has 0 aliphatic carbocycles. The number of hydrogen-bond donors (Lipinski definition) is 2. The van der Waals surface area contributed by atoms with Gasteiger partial charge in [-0.05, 0) is 25.5 Å². The van der Waals surface area contributed by atoms with Gasteiger partial charge in [-0.25, -0.2) is 4.79 Å². The van der Waals surface area contributed by atoms with Crippen molar-refractivity contribution in [2.75, 3.05) is 6.61 Å². The number of fused-ring (bicyclic) bond motifs is 3. The fraction of sp³-hybridized carbons (Fsp3) is 0.333. The normalized spacial score (nSPS) is 19.7. The second kappa shape index (κ2) is 5.98. The first kappa shape index (κ1) is 16.3. The van der Waals surface area contributed by atoms with Crippen molar-refractivity contribution < 1.29 is 23.9 Å². The first-order chi connectivity index (χ1) is 12.5. The molecule has 2 N–H and O–H groups in total. The van der Waals surface area contributed by atoms with Crippen LogP contribution in [0.5, 0.6) is 0 Å². The second-order valence-corrected chi connectivity index (χ2v) is 6.36. The molecular formula is C18H17N3O5. The zero-order valence-corrected chi connectivity index (χ0v) is 14.1. The van der Waals surface area contributed by atoms with Gasteiger partial charge in [-0.2, -0.15) is 0 Å². The molecule has 2 aromatic rings. The van der Waals surface area contributed by atoms with Crippen molar-refractivity contribution in [3.63, 3.8) is 0 Å². The molecule has 2 aliphatic rings. The quantitative estimate of drug-likeness (QED) is 0.633. The highest BCUT2D eigenvalue weighted by Gasteiger charge is 2.40. The number of aromatic nitrogens is 1. The Bertz CT molecular complexity index is 961. The molecule has 8 nitrogen and oxygen atoms in total. The van der Waals surface area contributed by atoms with E-state index < -0.39 is 17.9 Å². The van der Waals surface area contributed by atoms with Crippen molar-refractivity contribution in [3.8, 4) is 0 Å². The molecule has 134 valence electrons. The van der Waals surface area contributed by atoms with E-state index in [1.807, 2.05) is 0 Å². The van der Waals surface area contributed by atoms with Crippen molar-refractivity contribution in [3.05, 3.63) is 35.0 Å². The summed E-state index contributed by atoms with van der Waals surface area (Å²) >= 11 is 0. The van der Waals surface area contributed by atoms with Gasteiger partial charge in [0.1, 0.15) is 11.7 Å². The van der Waals surface area contributed by atoms with Crippen LogP contribution >= 0.6 is 0 Å². The molecule has 1 aromatic heterocycles. The minimum Gasteiger partial charge on any atom is -0.462 e. The van der Waals surface area contributed by atoms with Crippen LogP contribution in [-0.2, 0) is 20.9 Å². The molecule has 3 amide bonds. The smallest absolute Gasteiger partial charge is 0.338 e. The van der Waals surface area contributed by atoms with Crippen molar-refractivity contribution in [2.45, 2.75) is 32.4 Å². The summed E-state index contributed by atoms with van der Waals surface area (Å²) in [6.45, 7) is 2.32. The average molecular weight is 355 g/mol. The maximum atomic E-state index is 12.8. The van der Waals surface area contributed by atoms with E-state index in [4.69, 9.17) is 4.74 Å². The van der Waals surface area contributed by atoms with Gasteiger partial charge >= 0.3 is 5.97 Å². The molecule has 1 atom stereocenters. The number of hydrogen-bond acceptors (Lipinski definition) is 5. The van der Waals surface area contributed by atoms with Crippen molar-refractivity contribution in [1.29, 1.82) is 0 Å². The summed E-state index contributed by atoms with van der Waals surface area (Å²) < 4.78 is 4.99. The monoisotopic (exact) mass is 355 g/mol. The Morgan fingerprint density at radius 3 is 2.85 bits per heavy atom. The summed E-state index contributed by atoms with van der Waals surface area (Å²) in [5.41, 5.74) is 2.31. The zero-order chi connectivity index (χ0) is 18.4. The number of esters is 1. The molecule has 4 rings (SSSR count). The van der Waals surface area contributed by atoms with Gasteiger partial charge in [0.25, 0.3) is 5.91 Å². The lowest BCUT2D eigenvalue weighted by Gasteiger charge is -2.29. The maximum absolute atomic E-state index is 12.8. The molecule has 0 bridgehead atoms. The lowest BCUT2D eigenvalue weighted by molar-refractivity contribution is -0.136. The summed E-state index contributed by atoms with van der Waals surface area (Å²) in [6.07, 6.45) is 0.545. The van der Waals surface area contributed by atoms with Gasteiger partial charge in [0, 0.05) is 29.4 Å². The fourth-order valence-electron chi connectivity index (χ4n) is 3.56. The Kier molecular flexibility index (Phi) is 3.75. The predicted molar refractivity (Wildman–Crippen MR) is 90.3 cm³/mol. The number of nitrogens with zero attached hydrogens (tertiary/aromatic N) is 1.